The maximum absolute atomic E-state index is 11.7. The van der Waals surface area contributed by atoms with E-state index in [0.717, 1.165) is 12.0 Å². The highest BCUT2D eigenvalue weighted by molar-refractivity contribution is 5.93. The highest BCUT2D eigenvalue weighted by atomic mass is 16.4. The van der Waals surface area contributed by atoms with Crippen LogP contribution in [-0.2, 0) is 11.2 Å². The van der Waals surface area contributed by atoms with Crippen molar-refractivity contribution >= 4 is 17.7 Å². The SMILES string of the molecule is CCc1ccccc1NC(=O)N[C@H](C(=O)O)[C@@H](C)O. The minimum atomic E-state index is -1.34. The number of hydrogen-bond donors (Lipinski definition) is 4. The van der Waals surface area contributed by atoms with E-state index in [0.29, 0.717) is 5.69 Å². The lowest BCUT2D eigenvalue weighted by molar-refractivity contribution is -0.141. The molecular formula is C13H18N2O4. The third-order valence-electron chi connectivity index (χ3n) is 2.68. The van der Waals surface area contributed by atoms with Crippen molar-refractivity contribution in [1.82, 2.24) is 5.32 Å². The lowest BCUT2D eigenvalue weighted by Crippen LogP contribution is -2.49. The Labute approximate surface area is 111 Å². The fourth-order valence-corrected chi connectivity index (χ4v) is 1.64. The molecule has 2 atom stereocenters. The number of urea groups is 1. The van der Waals surface area contributed by atoms with Crippen LogP contribution in [0.2, 0.25) is 0 Å². The van der Waals surface area contributed by atoms with Gasteiger partial charge in [0.15, 0.2) is 6.04 Å². The second-order valence-corrected chi connectivity index (χ2v) is 4.17. The number of carbonyl (C=O) groups is 2. The molecule has 6 heteroatoms. The zero-order chi connectivity index (χ0) is 14.4. The number of aliphatic hydroxyl groups excluding tert-OH is 1. The number of anilines is 1. The fourth-order valence-electron chi connectivity index (χ4n) is 1.64. The molecule has 1 aromatic rings. The maximum atomic E-state index is 11.7. The van der Waals surface area contributed by atoms with Crippen molar-refractivity contribution in [2.45, 2.75) is 32.4 Å². The third kappa shape index (κ3) is 4.26. The van der Waals surface area contributed by atoms with Crippen LogP contribution in [0.15, 0.2) is 24.3 Å². The summed E-state index contributed by atoms with van der Waals surface area (Å²) in [5.41, 5.74) is 1.57. The summed E-state index contributed by atoms with van der Waals surface area (Å²) < 4.78 is 0. The van der Waals surface area contributed by atoms with E-state index in [1.54, 1.807) is 12.1 Å². The Morgan fingerprint density at radius 3 is 2.47 bits per heavy atom. The Kier molecular flexibility index (Phi) is 5.32. The molecule has 6 nitrogen and oxygen atoms in total. The minimum absolute atomic E-state index is 0.622. The summed E-state index contributed by atoms with van der Waals surface area (Å²) in [6.07, 6.45) is -0.431. The van der Waals surface area contributed by atoms with Gasteiger partial charge in [0, 0.05) is 5.69 Å². The van der Waals surface area contributed by atoms with Crippen LogP contribution in [0.5, 0.6) is 0 Å². The number of para-hydroxylation sites is 1. The van der Waals surface area contributed by atoms with Crippen LogP contribution in [0.1, 0.15) is 19.4 Å². The maximum Gasteiger partial charge on any atom is 0.328 e. The summed E-state index contributed by atoms with van der Waals surface area (Å²) in [7, 11) is 0. The number of hydrogen-bond acceptors (Lipinski definition) is 3. The quantitative estimate of drug-likeness (QED) is 0.643. The number of aliphatic carboxylic acids is 1. The van der Waals surface area contributed by atoms with E-state index in [4.69, 9.17) is 5.11 Å². The second kappa shape index (κ2) is 6.75. The van der Waals surface area contributed by atoms with Crippen LogP contribution >= 0.6 is 0 Å². The molecule has 4 N–H and O–H groups in total. The Bertz CT molecular complexity index is 460. The highest BCUT2D eigenvalue weighted by Crippen LogP contribution is 2.15. The van der Waals surface area contributed by atoms with Crippen molar-refractivity contribution in [1.29, 1.82) is 0 Å². The first-order valence-corrected chi connectivity index (χ1v) is 6.02. The first-order chi connectivity index (χ1) is 8.95. The summed E-state index contributed by atoms with van der Waals surface area (Å²) in [5.74, 6) is -1.28. The summed E-state index contributed by atoms with van der Waals surface area (Å²) in [6, 6.07) is 5.24. The van der Waals surface area contributed by atoms with Crippen LogP contribution in [0.25, 0.3) is 0 Å². The molecule has 104 valence electrons. The van der Waals surface area contributed by atoms with Crippen molar-refractivity contribution in [2.24, 2.45) is 0 Å². The van der Waals surface area contributed by atoms with Gasteiger partial charge in [-0.15, -0.1) is 0 Å². The van der Waals surface area contributed by atoms with E-state index in [1.165, 1.54) is 6.92 Å². The number of carboxylic acid groups (broad SMARTS) is 1. The fraction of sp³-hybridized carbons (Fsp3) is 0.385. The largest absolute Gasteiger partial charge is 0.480 e. The molecular weight excluding hydrogens is 248 g/mol. The molecule has 0 radical (unpaired) electrons. The standard InChI is InChI=1S/C13H18N2O4/c1-3-9-6-4-5-7-10(9)14-13(19)15-11(8(2)16)12(17)18/h4-8,11,16H,3H2,1-2H3,(H,17,18)(H2,14,15,19)/t8-,11+/m1/s1. The normalized spacial score (nSPS) is 13.4. The number of carbonyl (C=O) groups excluding carboxylic acids is 1. The molecule has 0 saturated carbocycles. The van der Waals surface area contributed by atoms with E-state index in [-0.39, 0.29) is 0 Å². The molecule has 0 aromatic heterocycles. The molecule has 0 bridgehead atoms. The predicted molar refractivity (Wildman–Crippen MR) is 71.1 cm³/mol. The molecule has 0 aliphatic carbocycles. The topological polar surface area (TPSA) is 98.7 Å². The van der Waals surface area contributed by atoms with Gasteiger partial charge in [-0.05, 0) is 25.0 Å². The first-order valence-electron chi connectivity index (χ1n) is 6.02. The monoisotopic (exact) mass is 266 g/mol. The molecule has 0 saturated heterocycles. The number of carboxylic acids is 1. The minimum Gasteiger partial charge on any atom is -0.480 e. The molecule has 19 heavy (non-hydrogen) atoms. The van der Waals surface area contributed by atoms with Crippen molar-refractivity contribution in [3.05, 3.63) is 29.8 Å². The van der Waals surface area contributed by atoms with Crippen LogP contribution in [0, 0.1) is 0 Å². The van der Waals surface area contributed by atoms with Crippen LogP contribution < -0.4 is 10.6 Å². The summed E-state index contributed by atoms with van der Waals surface area (Å²) in [4.78, 5) is 22.6. The number of amides is 2. The van der Waals surface area contributed by atoms with Gasteiger partial charge < -0.3 is 20.8 Å². The van der Waals surface area contributed by atoms with E-state index in [1.807, 2.05) is 19.1 Å². The lowest BCUT2D eigenvalue weighted by Gasteiger charge is -2.18. The molecule has 1 aromatic carbocycles. The zero-order valence-corrected chi connectivity index (χ0v) is 10.9. The third-order valence-corrected chi connectivity index (χ3v) is 2.68. The van der Waals surface area contributed by atoms with Gasteiger partial charge in [-0.1, -0.05) is 25.1 Å². The molecule has 1 rings (SSSR count). The molecule has 0 aliphatic heterocycles. The number of rotatable bonds is 5. The van der Waals surface area contributed by atoms with Gasteiger partial charge in [0.1, 0.15) is 0 Å². The van der Waals surface area contributed by atoms with Gasteiger partial charge in [0.05, 0.1) is 6.10 Å². The molecule has 0 heterocycles. The van der Waals surface area contributed by atoms with Crippen LogP contribution in [0.4, 0.5) is 10.5 Å². The number of aryl methyl sites for hydroxylation is 1. The predicted octanol–water partition coefficient (Wildman–Crippen LogP) is 1.20. The van der Waals surface area contributed by atoms with Crippen molar-refractivity contribution in [2.75, 3.05) is 5.32 Å². The second-order valence-electron chi connectivity index (χ2n) is 4.17. The Morgan fingerprint density at radius 1 is 1.32 bits per heavy atom. The van der Waals surface area contributed by atoms with E-state index in [2.05, 4.69) is 10.6 Å². The molecule has 0 unspecified atom stereocenters. The number of benzene rings is 1. The Balaban J connectivity index is 2.72. The van der Waals surface area contributed by atoms with Crippen molar-refractivity contribution in [3.8, 4) is 0 Å². The van der Waals surface area contributed by atoms with E-state index < -0.39 is 24.1 Å². The summed E-state index contributed by atoms with van der Waals surface area (Å²) in [5, 5.41) is 22.9. The molecule has 0 spiro atoms. The lowest BCUT2D eigenvalue weighted by atomic mass is 10.1. The molecule has 0 aliphatic rings. The first kappa shape index (κ1) is 15.0. The molecule has 0 fully saturated rings. The van der Waals surface area contributed by atoms with E-state index in [9.17, 15) is 14.7 Å². The van der Waals surface area contributed by atoms with Gasteiger partial charge in [-0.2, -0.15) is 0 Å². The summed E-state index contributed by atoms with van der Waals surface area (Å²) in [6.45, 7) is 3.26. The van der Waals surface area contributed by atoms with Crippen molar-refractivity contribution in [3.63, 3.8) is 0 Å². The average molecular weight is 266 g/mol. The Morgan fingerprint density at radius 2 is 1.95 bits per heavy atom. The van der Waals surface area contributed by atoms with Crippen LogP contribution in [0.3, 0.4) is 0 Å². The highest BCUT2D eigenvalue weighted by Gasteiger charge is 2.25. The van der Waals surface area contributed by atoms with Gasteiger partial charge in [0.2, 0.25) is 0 Å². The van der Waals surface area contributed by atoms with E-state index >= 15 is 0 Å². The van der Waals surface area contributed by atoms with Gasteiger partial charge >= 0.3 is 12.0 Å². The van der Waals surface area contributed by atoms with Gasteiger partial charge in [-0.25, -0.2) is 9.59 Å². The van der Waals surface area contributed by atoms with Crippen LogP contribution in [-0.4, -0.2) is 34.4 Å². The average Bonchev–Trinajstić information content (AvgIpc) is 2.36. The van der Waals surface area contributed by atoms with Gasteiger partial charge in [0.25, 0.3) is 0 Å². The Hall–Kier alpha value is -2.08. The number of aliphatic hydroxyl groups is 1. The number of nitrogens with one attached hydrogen (secondary N) is 2. The smallest absolute Gasteiger partial charge is 0.328 e. The summed E-state index contributed by atoms with van der Waals surface area (Å²) >= 11 is 0. The van der Waals surface area contributed by atoms with Gasteiger partial charge in [-0.3, -0.25) is 0 Å². The van der Waals surface area contributed by atoms with Crippen molar-refractivity contribution < 1.29 is 19.8 Å². The molecule has 2 amide bonds. The zero-order valence-electron chi connectivity index (χ0n) is 10.9.